The van der Waals surface area contributed by atoms with Crippen LogP contribution in [0.2, 0.25) is 0 Å². The molecular formula is C23H24F3N3O5S2. The predicted molar refractivity (Wildman–Crippen MR) is 127 cm³/mol. The second-order valence-electron chi connectivity index (χ2n) is 8.75. The number of ether oxygens (including phenoxy) is 1. The maximum absolute atomic E-state index is 13.1. The number of carbonyl (C=O) groups is 1. The van der Waals surface area contributed by atoms with Crippen LogP contribution in [-0.4, -0.2) is 25.1 Å². The first-order chi connectivity index (χ1) is 16.7. The fourth-order valence-corrected chi connectivity index (χ4v) is 4.63. The summed E-state index contributed by atoms with van der Waals surface area (Å²) < 4.78 is 72.3. The molecule has 194 valence electrons. The number of carbonyl (C=O) groups excluding carboxylic acids is 1. The minimum Gasteiger partial charge on any atom is -0.444 e. The lowest BCUT2D eigenvalue weighted by Crippen LogP contribution is -2.35. The number of alkyl halides is 3. The van der Waals surface area contributed by atoms with E-state index in [9.17, 15) is 26.4 Å². The van der Waals surface area contributed by atoms with Crippen molar-refractivity contribution in [2.45, 2.75) is 49.9 Å². The highest BCUT2D eigenvalue weighted by atomic mass is 32.2. The van der Waals surface area contributed by atoms with E-state index in [-0.39, 0.29) is 16.9 Å². The van der Waals surface area contributed by atoms with Crippen molar-refractivity contribution in [2.24, 2.45) is 5.90 Å². The molecule has 0 saturated carbocycles. The van der Waals surface area contributed by atoms with Crippen LogP contribution in [0.25, 0.3) is 11.3 Å². The van der Waals surface area contributed by atoms with Gasteiger partial charge in [0.15, 0.2) is 0 Å². The Morgan fingerprint density at radius 1 is 1.14 bits per heavy atom. The Labute approximate surface area is 210 Å². The van der Waals surface area contributed by atoms with Crippen LogP contribution in [0.5, 0.6) is 0 Å². The number of aromatic nitrogens is 1. The minimum atomic E-state index is -4.50. The van der Waals surface area contributed by atoms with Gasteiger partial charge in [-0.1, -0.05) is 24.3 Å². The van der Waals surface area contributed by atoms with Crippen LogP contribution >= 0.6 is 11.3 Å². The van der Waals surface area contributed by atoms with E-state index in [1.54, 1.807) is 26.2 Å². The maximum Gasteiger partial charge on any atom is 0.416 e. The summed E-state index contributed by atoms with van der Waals surface area (Å²) in [4.78, 5) is 16.8. The summed E-state index contributed by atoms with van der Waals surface area (Å²) in [6, 6.07) is 9.75. The van der Waals surface area contributed by atoms with Crippen molar-refractivity contribution in [3.8, 4) is 11.3 Å². The van der Waals surface area contributed by atoms with Crippen molar-refractivity contribution in [1.29, 1.82) is 0 Å². The number of thiazole rings is 1. The van der Waals surface area contributed by atoms with Crippen molar-refractivity contribution >= 4 is 27.5 Å². The molecule has 0 aliphatic carbocycles. The summed E-state index contributed by atoms with van der Waals surface area (Å²) in [7, 11) is -4.08. The number of benzene rings is 2. The Bertz CT molecular complexity index is 1320. The van der Waals surface area contributed by atoms with Gasteiger partial charge in [0, 0.05) is 10.9 Å². The number of nitrogens with one attached hydrogen (secondary N) is 1. The van der Waals surface area contributed by atoms with Gasteiger partial charge in [-0.3, -0.25) is 0 Å². The summed E-state index contributed by atoms with van der Waals surface area (Å²) in [5.74, 6) is 4.80. The summed E-state index contributed by atoms with van der Waals surface area (Å²) in [5.41, 5.74) is -0.325. The second kappa shape index (κ2) is 10.5. The number of halogens is 3. The largest absolute Gasteiger partial charge is 0.444 e. The molecule has 3 aromatic rings. The van der Waals surface area contributed by atoms with Crippen LogP contribution in [-0.2, 0) is 31.7 Å². The van der Waals surface area contributed by atoms with Gasteiger partial charge in [0.05, 0.1) is 22.2 Å². The van der Waals surface area contributed by atoms with Crippen molar-refractivity contribution in [1.82, 2.24) is 10.3 Å². The van der Waals surface area contributed by atoms with E-state index < -0.39 is 39.6 Å². The zero-order valence-corrected chi connectivity index (χ0v) is 21.1. The molecule has 1 amide bonds. The first-order valence-corrected chi connectivity index (χ1v) is 12.8. The molecular weight excluding hydrogens is 519 g/mol. The van der Waals surface area contributed by atoms with E-state index in [0.29, 0.717) is 16.3 Å². The molecule has 0 unspecified atom stereocenters. The molecule has 36 heavy (non-hydrogen) atoms. The zero-order chi connectivity index (χ0) is 26.7. The number of nitrogens with two attached hydrogens (primary N) is 1. The predicted octanol–water partition coefficient (Wildman–Crippen LogP) is 5.22. The number of alkyl carbamates (subject to hydrolysis) is 1. The summed E-state index contributed by atoms with van der Waals surface area (Å²) in [6.45, 7) is 5.11. The first kappa shape index (κ1) is 27.6. The molecule has 2 aromatic carbocycles. The van der Waals surface area contributed by atoms with E-state index in [0.717, 1.165) is 23.5 Å². The average molecular weight is 544 g/mol. The lowest BCUT2D eigenvalue weighted by atomic mass is 10.1. The van der Waals surface area contributed by atoms with Crippen molar-refractivity contribution in [3.63, 3.8) is 0 Å². The Morgan fingerprint density at radius 3 is 2.39 bits per heavy atom. The molecule has 1 atom stereocenters. The topological polar surface area (TPSA) is 121 Å². The molecule has 1 heterocycles. The van der Waals surface area contributed by atoms with E-state index in [1.165, 1.54) is 36.4 Å². The Morgan fingerprint density at radius 2 is 1.81 bits per heavy atom. The first-order valence-electron chi connectivity index (χ1n) is 10.5. The molecule has 3 rings (SSSR count). The highest BCUT2D eigenvalue weighted by molar-refractivity contribution is 7.86. The normalized spacial score (nSPS) is 13.3. The van der Waals surface area contributed by atoms with Gasteiger partial charge in [-0.2, -0.15) is 31.8 Å². The minimum absolute atomic E-state index is 0.147. The highest BCUT2D eigenvalue weighted by Crippen LogP contribution is 2.33. The molecule has 0 aliphatic rings. The quantitative estimate of drug-likeness (QED) is 0.392. The van der Waals surface area contributed by atoms with Crippen LogP contribution in [0.3, 0.4) is 0 Å². The van der Waals surface area contributed by atoms with Crippen LogP contribution in [0.4, 0.5) is 18.0 Å². The molecule has 0 fully saturated rings. The number of amides is 1. The molecule has 0 spiro atoms. The number of rotatable bonds is 7. The number of hydrogen-bond acceptors (Lipinski definition) is 8. The SMILES string of the molecule is CC(C)(C)OC(=O)N[C@@H](Cc1ccc(S(=O)(=O)ON)cc1)c1nc(-c2cccc(C(F)(F)F)c2)cs1. The summed E-state index contributed by atoms with van der Waals surface area (Å²) in [5, 5.41) is 4.76. The van der Waals surface area contributed by atoms with Gasteiger partial charge >= 0.3 is 22.4 Å². The van der Waals surface area contributed by atoms with E-state index >= 15 is 0 Å². The fourth-order valence-electron chi connectivity index (χ4n) is 3.17. The number of hydrogen-bond donors (Lipinski definition) is 2. The van der Waals surface area contributed by atoms with Crippen molar-refractivity contribution in [3.05, 3.63) is 70.0 Å². The van der Waals surface area contributed by atoms with Crippen LogP contribution < -0.4 is 11.2 Å². The second-order valence-corrected chi connectivity index (χ2v) is 11.2. The molecule has 8 nitrogen and oxygen atoms in total. The third-order valence-electron chi connectivity index (χ3n) is 4.78. The van der Waals surface area contributed by atoms with Crippen molar-refractivity contribution in [2.75, 3.05) is 0 Å². The van der Waals surface area contributed by atoms with Gasteiger partial charge in [-0.05, 0) is 57.0 Å². The zero-order valence-electron chi connectivity index (χ0n) is 19.5. The summed E-state index contributed by atoms with van der Waals surface area (Å²) in [6.07, 6.45) is -5.01. The Balaban J connectivity index is 1.91. The monoisotopic (exact) mass is 543 g/mol. The highest BCUT2D eigenvalue weighted by Gasteiger charge is 2.31. The molecule has 13 heteroatoms. The molecule has 0 bridgehead atoms. The van der Waals surface area contributed by atoms with Crippen LogP contribution in [0.1, 0.15) is 42.9 Å². The lowest BCUT2D eigenvalue weighted by Gasteiger charge is -2.23. The average Bonchev–Trinajstić information content (AvgIpc) is 3.28. The molecule has 3 N–H and O–H groups in total. The van der Waals surface area contributed by atoms with Crippen LogP contribution in [0.15, 0.2) is 58.8 Å². The van der Waals surface area contributed by atoms with Gasteiger partial charge in [-0.15, -0.1) is 11.3 Å². The van der Waals surface area contributed by atoms with Gasteiger partial charge < -0.3 is 10.1 Å². The molecule has 0 radical (unpaired) electrons. The Hall–Kier alpha value is -3.00. The third-order valence-corrected chi connectivity index (χ3v) is 6.84. The van der Waals surface area contributed by atoms with Gasteiger partial charge in [0.25, 0.3) is 0 Å². The van der Waals surface area contributed by atoms with E-state index in [4.69, 9.17) is 10.6 Å². The maximum atomic E-state index is 13.1. The fraction of sp³-hybridized carbons (Fsp3) is 0.304. The smallest absolute Gasteiger partial charge is 0.416 e. The Kier molecular flexibility index (Phi) is 8.08. The molecule has 1 aromatic heterocycles. The molecule has 0 aliphatic heterocycles. The molecule has 0 saturated heterocycles. The van der Waals surface area contributed by atoms with Gasteiger partial charge in [0.2, 0.25) is 0 Å². The van der Waals surface area contributed by atoms with Crippen molar-refractivity contribution < 1.29 is 35.4 Å². The van der Waals surface area contributed by atoms with E-state index in [2.05, 4.69) is 14.6 Å². The van der Waals surface area contributed by atoms with Gasteiger partial charge in [-0.25, -0.2) is 9.78 Å². The van der Waals surface area contributed by atoms with Crippen LogP contribution in [0, 0.1) is 0 Å². The standard InChI is InChI=1S/C23H24F3N3O5S2/c1-22(2,3)33-21(30)29-18(11-14-7-9-17(10-8-14)36(31,32)34-27)20-28-19(13-35-20)15-5-4-6-16(12-15)23(24,25)26/h4-10,12-13,18H,11,27H2,1-3H3,(H,29,30)/t18-/m0/s1. The summed E-state index contributed by atoms with van der Waals surface area (Å²) >= 11 is 1.16. The van der Waals surface area contributed by atoms with E-state index in [1.807, 2.05) is 0 Å². The lowest BCUT2D eigenvalue weighted by molar-refractivity contribution is -0.137. The third kappa shape index (κ3) is 7.26. The number of nitrogens with zero attached hydrogens (tertiary/aromatic N) is 1. The van der Waals surface area contributed by atoms with Gasteiger partial charge in [0.1, 0.15) is 10.6 Å².